The monoisotopic (exact) mass is 355 g/mol. The highest BCUT2D eigenvalue weighted by Crippen LogP contribution is 2.18. The first-order valence-electron chi connectivity index (χ1n) is 8.35. The minimum Gasteiger partial charge on any atom is -0.463 e. The van der Waals surface area contributed by atoms with E-state index >= 15 is 0 Å². The van der Waals surface area contributed by atoms with Crippen molar-refractivity contribution in [1.29, 1.82) is 0 Å². The van der Waals surface area contributed by atoms with Gasteiger partial charge in [-0.15, -0.1) is 0 Å². The summed E-state index contributed by atoms with van der Waals surface area (Å²) in [4.78, 5) is 21.3. The maximum absolute atomic E-state index is 12.5. The number of hydrogen-bond donors (Lipinski definition) is 1. The predicted molar refractivity (Wildman–Crippen MR) is 95.0 cm³/mol. The van der Waals surface area contributed by atoms with Gasteiger partial charge in [0, 0.05) is 13.3 Å². The van der Waals surface area contributed by atoms with Crippen molar-refractivity contribution in [2.75, 3.05) is 13.7 Å². The Morgan fingerprint density at radius 3 is 2.96 bits per heavy atom. The third kappa shape index (κ3) is 3.65. The van der Waals surface area contributed by atoms with Crippen molar-refractivity contribution in [3.8, 4) is 17.4 Å². The van der Waals surface area contributed by atoms with E-state index in [9.17, 15) is 4.79 Å². The normalized spacial score (nSPS) is 12.1. The molecule has 8 heteroatoms. The van der Waals surface area contributed by atoms with Crippen LogP contribution in [0.3, 0.4) is 0 Å². The molecule has 3 aromatic heterocycles. The van der Waals surface area contributed by atoms with Crippen LogP contribution in [0.25, 0.3) is 17.4 Å². The molecule has 0 radical (unpaired) electrons. The van der Waals surface area contributed by atoms with Gasteiger partial charge in [0.05, 0.1) is 36.4 Å². The molecule has 0 spiro atoms. The lowest BCUT2D eigenvalue weighted by molar-refractivity contribution is 0.0894. The summed E-state index contributed by atoms with van der Waals surface area (Å²) in [5.41, 5.74) is 1.78. The minimum absolute atomic E-state index is 0.0474. The van der Waals surface area contributed by atoms with Crippen molar-refractivity contribution >= 4 is 5.91 Å². The molecule has 1 unspecified atom stereocenters. The third-order valence-corrected chi connectivity index (χ3v) is 4.06. The molecular weight excluding hydrogens is 334 g/mol. The zero-order valence-corrected chi connectivity index (χ0v) is 15.0. The summed E-state index contributed by atoms with van der Waals surface area (Å²) in [7, 11) is 1.61. The van der Waals surface area contributed by atoms with E-state index in [1.165, 1.54) is 6.20 Å². The van der Waals surface area contributed by atoms with Gasteiger partial charge in [-0.2, -0.15) is 5.10 Å². The van der Waals surface area contributed by atoms with Crippen LogP contribution in [0.1, 0.15) is 29.4 Å². The summed E-state index contributed by atoms with van der Waals surface area (Å²) in [6, 6.07) is 5.32. The van der Waals surface area contributed by atoms with Gasteiger partial charge >= 0.3 is 0 Å². The second kappa shape index (κ2) is 7.92. The van der Waals surface area contributed by atoms with Gasteiger partial charge in [0.25, 0.3) is 11.9 Å². The molecule has 0 saturated carbocycles. The van der Waals surface area contributed by atoms with Gasteiger partial charge in [-0.3, -0.25) is 4.79 Å². The molecule has 0 aromatic carbocycles. The van der Waals surface area contributed by atoms with Gasteiger partial charge in [0.2, 0.25) is 0 Å². The molecule has 3 aromatic rings. The number of rotatable bonds is 7. The van der Waals surface area contributed by atoms with E-state index in [1.54, 1.807) is 36.4 Å². The number of amides is 1. The lowest BCUT2D eigenvalue weighted by atomic mass is 10.2. The highest BCUT2D eigenvalue weighted by molar-refractivity contribution is 5.95. The molecule has 1 amide bonds. The zero-order chi connectivity index (χ0) is 18.5. The fourth-order valence-electron chi connectivity index (χ4n) is 2.57. The topological polar surface area (TPSA) is 95.1 Å². The van der Waals surface area contributed by atoms with E-state index in [0.717, 1.165) is 6.42 Å². The molecule has 0 aliphatic rings. The lowest BCUT2D eigenvalue weighted by Crippen LogP contribution is -2.37. The third-order valence-electron chi connectivity index (χ3n) is 4.06. The number of ether oxygens (including phenoxy) is 1. The molecule has 0 saturated heterocycles. The number of furan rings is 1. The molecule has 1 atom stereocenters. The van der Waals surface area contributed by atoms with E-state index in [1.807, 2.05) is 19.9 Å². The average Bonchev–Trinajstić information content (AvgIpc) is 3.31. The van der Waals surface area contributed by atoms with Gasteiger partial charge in [-0.25, -0.2) is 14.6 Å². The number of nitrogens with zero attached hydrogens (tertiary/aromatic N) is 4. The van der Waals surface area contributed by atoms with Crippen molar-refractivity contribution in [1.82, 2.24) is 25.1 Å². The maximum Gasteiger partial charge on any atom is 0.255 e. The number of aromatic nitrogens is 4. The van der Waals surface area contributed by atoms with Crippen LogP contribution in [0, 0.1) is 6.92 Å². The summed E-state index contributed by atoms with van der Waals surface area (Å²) in [6.07, 6.45) is 5.52. The predicted octanol–water partition coefficient (Wildman–Crippen LogP) is 2.39. The Bertz CT molecular complexity index is 873. The van der Waals surface area contributed by atoms with Gasteiger partial charge in [-0.1, -0.05) is 6.92 Å². The van der Waals surface area contributed by atoms with Crippen molar-refractivity contribution in [2.45, 2.75) is 26.3 Å². The molecule has 1 N–H and O–H groups in total. The SMILES string of the molecule is CCC(COC)NC(=O)c1cnn(-c2nccc(-c3ccco3)n2)c1C. The van der Waals surface area contributed by atoms with Gasteiger partial charge < -0.3 is 14.5 Å². The largest absolute Gasteiger partial charge is 0.463 e. The first-order valence-corrected chi connectivity index (χ1v) is 8.35. The second-order valence-electron chi connectivity index (χ2n) is 5.81. The molecule has 26 heavy (non-hydrogen) atoms. The van der Waals surface area contributed by atoms with Crippen LogP contribution in [0.2, 0.25) is 0 Å². The molecule has 0 fully saturated rings. The summed E-state index contributed by atoms with van der Waals surface area (Å²) < 4.78 is 12.0. The summed E-state index contributed by atoms with van der Waals surface area (Å²) in [5, 5.41) is 7.23. The molecule has 0 aliphatic carbocycles. The lowest BCUT2D eigenvalue weighted by Gasteiger charge is -2.15. The average molecular weight is 355 g/mol. The number of carbonyl (C=O) groups is 1. The van der Waals surface area contributed by atoms with Gasteiger partial charge in [-0.05, 0) is 31.5 Å². The van der Waals surface area contributed by atoms with Gasteiger partial charge in [0.1, 0.15) is 5.69 Å². The fraction of sp³-hybridized carbons (Fsp3) is 0.333. The maximum atomic E-state index is 12.5. The van der Waals surface area contributed by atoms with Crippen LogP contribution in [0.15, 0.2) is 41.3 Å². The number of methoxy groups -OCH3 is 1. The minimum atomic E-state index is -0.195. The molecule has 0 bridgehead atoms. The Morgan fingerprint density at radius 1 is 1.42 bits per heavy atom. The Morgan fingerprint density at radius 2 is 2.27 bits per heavy atom. The van der Waals surface area contributed by atoms with Crippen molar-refractivity contribution in [3.63, 3.8) is 0 Å². The first-order chi connectivity index (χ1) is 12.6. The fourth-order valence-corrected chi connectivity index (χ4v) is 2.57. The summed E-state index contributed by atoms with van der Waals surface area (Å²) in [5.74, 6) is 0.820. The van der Waals surface area contributed by atoms with Crippen LogP contribution >= 0.6 is 0 Å². The van der Waals surface area contributed by atoms with Crippen LogP contribution in [-0.2, 0) is 4.74 Å². The number of hydrogen-bond acceptors (Lipinski definition) is 6. The van der Waals surface area contributed by atoms with E-state index < -0.39 is 0 Å². The van der Waals surface area contributed by atoms with Crippen LogP contribution in [0.4, 0.5) is 0 Å². The Balaban J connectivity index is 1.85. The van der Waals surface area contributed by atoms with Crippen molar-refractivity contribution < 1.29 is 13.9 Å². The molecule has 0 aliphatic heterocycles. The standard InChI is InChI=1S/C18H21N5O3/c1-4-13(11-25-3)21-17(24)14-10-20-23(12(14)2)18-19-8-7-15(22-18)16-6-5-9-26-16/h5-10,13H,4,11H2,1-3H3,(H,21,24). The zero-order valence-electron chi connectivity index (χ0n) is 15.0. The van der Waals surface area contributed by atoms with E-state index in [4.69, 9.17) is 9.15 Å². The second-order valence-corrected chi connectivity index (χ2v) is 5.81. The smallest absolute Gasteiger partial charge is 0.255 e. The Kier molecular flexibility index (Phi) is 5.43. The Hall–Kier alpha value is -3.00. The highest BCUT2D eigenvalue weighted by Gasteiger charge is 2.19. The quantitative estimate of drug-likeness (QED) is 0.699. The van der Waals surface area contributed by atoms with E-state index in [2.05, 4.69) is 20.4 Å². The molecule has 8 nitrogen and oxygen atoms in total. The van der Waals surface area contributed by atoms with E-state index in [-0.39, 0.29) is 11.9 Å². The summed E-state index contributed by atoms with van der Waals surface area (Å²) in [6.45, 7) is 4.26. The first kappa shape index (κ1) is 17.8. The van der Waals surface area contributed by atoms with Crippen LogP contribution in [0.5, 0.6) is 0 Å². The van der Waals surface area contributed by atoms with E-state index in [0.29, 0.717) is 35.3 Å². The van der Waals surface area contributed by atoms with Crippen LogP contribution < -0.4 is 5.32 Å². The molecule has 3 rings (SSSR count). The summed E-state index contributed by atoms with van der Waals surface area (Å²) >= 11 is 0. The Labute approximate surface area is 151 Å². The number of carbonyl (C=O) groups excluding carboxylic acids is 1. The molecular formula is C18H21N5O3. The van der Waals surface area contributed by atoms with Crippen molar-refractivity contribution in [2.24, 2.45) is 0 Å². The highest BCUT2D eigenvalue weighted by atomic mass is 16.5. The molecule has 3 heterocycles. The van der Waals surface area contributed by atoms with Gasteiger partial charge in [0.15, 0.2) is 5.76 Å². The number of nitrogens with one attached hydrogen (secondary N) is 1. The van der Waals surface area contributed by atoms with Crippen LogP contribution in [-0.4, -0.2) is 45.4 Å². The van der Waals surface area contributed by atoms with Crippen molar-refractivity contribution in [3.05, 3.63) is 48.1 Å². The molecule has 136 valence electrons.